The predicted molar refractivity (Wildman–Crippen MR) is 110 cm³/mol. The van der Waals surface area contributed by atoms with Crippen molar-refractivity contribution < 1.29 is 4.74 Å². The van der Waals surface area contributed by atoms with Gasteiger partial charge in [0.1, 0.15) is 0 Å². The first-order valence-electron chi connectivity index (χ1n) is 9.40. The molecule has 0 saturated carbocycles. The van der Waals surface area contributed by atoms with Crippen molar-refractivity contribution in [1.82, 2.24) is 0 Å². The zero-order chi connectivity index (χ0) is 17.2. The third kappa shape index (κ3) is 3.74. The van der Waals surface area contributed by atoms with Crippen molar-refractivity contribution in [2.45, 2.75) is 64.6 Å². The number of halogens is 2. The Morgan fingerprint density at radius 2 is 1.00 bits per heavy atom. The molecule has 0 aromatic heterocycles. The van der Waals surface area contributed by atoms with E-state index in [4.69, 9.17) is 4.74 Å². The van der Waals surface area contributed by atoms with Crippen molar-refractivity contribution in [2.24, 2.45) is 0 Å². The van der Waals surface area contributed by atoms with Gasteiger partial charge in [0.15, 0.2) is 0 Å². The van der Waals surface area contributed by atoms with Gasteiger partial charge in [0.2, 0.25) is 0 Å². The van der Waals surface area contributed by atoms with Gasteiger partial charge in [0.25, 0.3) is 0 Å². The van der Waals surface area contributed by atoms with Crippen LogP contribution in [0.3, 0.4) is 0 Å². The lowest BCUT2D eigenvalue weighted by Gasteiger charge is -2.22. The number of ether oxygens (including phenoxy) is 1. The maximum Gasteiger partial charge on any atom is 0.0724 e. The van der Waals surface area contributed by atoms with Gasteiger partial charge in [-0.2, -0.15) is 0 Å². The fourth-order valence-corrected chi connectivity index (χ4v) is 5.48. The van der Waals surface area contributed by atoms with Gasteiger partial charge in [-0.15, -0.1) is 0 Å². The van der Waals surface area contributed by atoms with E-state index in [1.165, 1.54) is 93.7 Å². The molecule has 1 nitrogen and oxygen atoms in total. The third-order valence-electron chi connectivity index (χ3n) is 5.66. The van der Waals surface area contributed by atoms with Gasteiger partial charge in [-0.25, -0.2) is 0 Å². The molecular formula is C22H24Br2O. The summed E-state index contributed by atoms with van der Waals surface area (Å²) in [5.41, 5.74) is 8.83. The molecule has 0 unspecified atom stereocenters. The second-order valence-corrected chi connectivity index (χ2v) is 8.94. The summed E-state index contributed by atoms with van der Waals surface area (Å²) < 4.78 is 8.73. The average Bonchev–Trinajstić information content (AvgIpc) is 2.66. The van der Waals surface area contributed by atoms with Gasteiger partial charge in [-0.1, -0.05) is 44.0 Å². The van der Waals surface area contributed by atoms with Gasteiger partial charge >= 0.3 is 0 Å². The van der Waals surface area contributed by atoms with Crippen LogP contribution in [0.25, 0.3) is 0 Å². The molecule has 0 N–H and O–H groups in total. The van der Waals surface area contributed by atoms with E-state index >= 15 is 0 Å². The molecule has 0 bridgehead atoms. The van der Waals surface area contributed by atoms with E-state index in [2.05, 4.69) is 56.1 Å². The van der Waals surface area contributed by atoms with E-state index in [1.807, 2.05) is 0 Å². The summed E-state index contributed by atoms with van der Waals surface area (Å²) in [5.74, 6) is 0. The average molecular weight is 464 g/mol. The van der Waals surface area contributed by atoms with Crippen molar-refractivity contribution in [1.29, 1.82) is 0 Å². The molecule has 0 amide bonds. The topological polar surface area (TPSA) is 9.23 Å². The molecule has 0 spiro atoms. The monoisotopic (exact) mass is 462 g/mol. The van der Waals surface area contributed by atoms with E-state index in [0.29, 0.717) is 0 Å². The Hall–Kier alpha value is -0.640. The molecule has 0 radical (unpaired) electrons. The minimum absolute atomic E-state index is 0.723. The third-order valence-corrected chi connectivity index (χ3v) is 7.15. The van der Waals surface area contributed by atoms with Crippen LogP contribution in [0.2, 0.25) is 0 Å². The molecule has 25 heavy (non-hydrogen) atoms. The lowest BCUT2D eigenvalue weighted by atomic mass is 9.88. The largest absolute Gasteiger partial charge is 0.372 e. The van der Waals surface area contributed by atoms with E-state index in [1.54, 1.807) is 0 Å². The number of hydrogen-bond donors (Lipinski definition) is 0. The highest BCUT2D eigenvalue weighted by Crippen LogP contribution is 2.33. The standard InChI is InChI=1S/C22H24Br2O/c23-21-11-9-15(17-5-1-3-7-19(17)21)13-25-14-16-10-12-22(24)20-8-4-2-6-18(16)20/h9-12H,1-8,13-14H2. The Balaban J connectivity index is 1.49. The Labute approximate surface area is 167 Å². The summed E-state index contributed by atoms with van der Waals surface area (Å²) >= 11 is 7.45. The maximum atomic E-state index is 6.19. The predicted octanol–water partition coefficient (Wildman–Crippen LogP) is 6.69. The second kappa shape index (κ2) is 7.94. The summed E-state index contributed by atoms with van der Waals surface area (Å²) in [6.07, 6.45) is 10.0. The van der Waals surface area contributed by atoms with E-state index < -0.39 is 0 Å². The van der Waals surface area contributed by atoms with Crippen LogP contribution in [-0.2, 0) is 43.6 Å². The fourth-order valence-electron chi connectivity index (χ4n) is 4.34. The Morgan fingerprint density at radius 3 is 1.44 bits per heavy atom. The van der Waals surface area contributed by atoms with Crippen LogP contribution in [0.1, 0.15) is 59.1 Å². The number of rotatable bonds is 4. The summed E-state index contributed by atoms with van der Waals surface area (Å²) in [7, 11) is 0. The van der Waals surface area contributed by atoms with Crippen molar-refractivity contribution in [2.75, 3.05) is 0 Å². The van der Waals surface area contributed by atoms with Crippen LogP contribution < -0.4 is 0 Å². The molecule has 132 valence electrons. The van der Waals surface area contributed by atoms with Crippen molar-refractivity contribution in [3.05, 3.63) is 66.6 Å². The Bertz CT molecular complexity index is 717. The van der Waals surface area contributed by atoms with Gasteiger partial charge in [-0.3, -0.25) is 0 Å². The Kier molecular flexibility index (Phi) is 5.64. The molecule has 0 heterocycles. The second-order valence-electron chi connectivity index (χ2n) is 7.23. The first kappa shape index (κ1) is 17.8. The highest BCUT2D eigenvalue weighted by Gasteiger charge is 2.18. The van der Waals surface area contributed by atoms with Crippen LogP contribution in [0.5, 0.6) is 0 Å². The number of benzene rings is 2. The van der Waals surface area contributed by atoms with Gasteiger partial charge in [0, 0.05) is 8.95 Å². The number of hydrogen-bond acceptors (Lipinski definition) is 1. The van der Waals surface area contributed by atoms with Crippen LogP contribution in [0.4, 0.5) is 0 Å². The molecule has 0 fully saturated rings. The van der Waals surface area contributed by atoms with Crippen molar-refractivity contribution in [3.63, 3.8) is 0 Å². The van der Waals surface area contributed by atoms with E-state index in [-0.39, 0.29) is 0 Å². The molecule has 2 aromatic carbocycles. The van der Waals surface area contributed by atoms with Crippen LogP contribution >= 0.6 is 31.9 Å². The molecule has 3 heteroatoms. The molecular weight excluding hydrogens is 440 g/mol. The molecule has 0 saturated heterocycles. The summed E-state index contributed by atoms with van der Waals surface area (Å²) in [4.78, 5) is 0. The van der Waals surface area contributed by atoms with Gasteiger partial charge < -0.3 is 4.74 Å². The highest BCUT2D eigenvalue weighted by atomic mass is 79.9. The minimum Gasteiger partial charge on any atom is -0.372 e. The van der Waals surface area contributed by atoms with E-state index in [0.717, 1.165) is 13.2 Å². The molecule has 2 aliphatic rings. The van der Waals surface area contributed by atoms with Crippen molar-refractivity contribution >= 4 is 31.9 Å². The minimum atomic E-state index is 0.723. The van der Waals surface area contributed by atoms with Gasteiger partial charge in [-0.05, 0) is 96.9 Å². The van der Waals surface area contributed by atoms with Gasteiger partial charge in [0.05, 0.1) is 13.2 Å². The summed E-state index contributed by atoms with van der Waals surface area (Å²) in [6.45, 7) is 1.45. The fraction of sp³-hybridized carbons (Fsp3) is 0.455. The van der Waals surface area contributed by atoms with Crippen LogP contribution in [0.15, 0.2) is 33.2 Å². The molecule has 2 aliphatic carbocycles. The highest BCUT2D eigenvalue weighted by molar-refractivity contribution is 9.10. The first-order chi connectivity index (χ1) is 12.2. The molecule has 0 aliphatic heterocycles. The maximum absolute atomic E-state index is 6.19. The van der Waals surface area contributed by atoms with Crippen LogP contribution in [0, 0.1) is 0 Å². The summed E-state index contributed by atoms with van der Waals surface area (Å²) in [6, 6.07) is 8.88. The first-order valence-corrected chi connectivity index (χ1v) is 11.0. The zero-order valence-corrected chi connectivity index (χ0v) is 17.7. The molecule has 0 atom stereocenters. The Morgan fingerprint density at radius 1 is 0.600 bits per heavy atom. The lowest BCUT2D eigenvalue weighted by Crippen LogP contribution is -2.10. The number of fused-ring (bicyclic) bond motifs is 2. The SMILES string of the molecule is Brc1ccc(COCc2ccc(Br)c3c2CCCC3)c2c1CCCC2. The normalized spacial score (nSPS) is 16.4. The van der Waals surface area contributed by atoms with Crippen LogP contribution in [-0.4, -0.2) is 0 Å². The lowest BCUT2D eigenvalue weighted by molar-refractivity contribution is 0.106. The molecule has 4 rings (SSSR count). The quantitative estimate of drug-likeness (QED) is 0.490. The van der Waals surface area contributed by atoms with E-state index in [9.17, 15) is 0 Å². The molecule has 2 aromatic rings. The smallest absolute Gasteiger partial charge is 0.0724 e. The van der Waals surface area contributed by atoms with Crippen molar-refractivity contribution in [3.8, 4) is 0 Å². The summed E-state index contributed by atoms with van der Waals surface area (Å²) in [5, 5.41) is 0. The zero-order valence-electron chi connectivity index (χ0n) is 14.5.